The summed E-state index contributed by atoms with van der Waals surface area (Å²) in [6.07, 6.45) is -1.51. The number of pyridine rings is 1. The van der Waals surface area contributed by atoms with Gasteiger partial charge in [-0.3, -0.25) is 4.98 Å². The smallest absolute Gasteiger partial charge is 0.398 e. The normalized spacial score (nSPS) is 20.7. The average molecular weight is 304 g/mol. The third-order valence-corrected chi connectivity index (χ3v) is 4.17. The second-order valence-corrected chi connectivity index (χ2v) is 6.29. The van der Waals surface area contributed by atoms with Gasteiger partial charge in [0.1, 0.15) is 0 Å². The molecule has 0 N–H and O–H groups in total. The third-order valence-electron chi connectivity index (χ3n) is 3.82. The first-order valence-electron chi connectivity index (χ1n) is 6.40. The lowest BCUT2D eigenvalue weighted by atomic mass is 9.83. The Labute approximate surface area is 122 Å². The molecular weight excluding hydrogens is 286 g/mol. The minimum Gasteiger partial charge on any atom is -0.398 e. The fourth-order valence-corrected chi connectivity index (χ4v) is 2.09. The molecule has 110 valence electrons. The Hall–Kier alpha value is -0.715. The molecule has 1 aliphatic heterocycles. The van der Waals surface area contributed by atoms with Crippen LogP contribution in [0.25, 0.3) is 0 Å². The van der Waals surface area contributed by atoms with Gasteiger partial charge in [0.2, 0.25) is 6.43 Å². The highest BCUT2D eigenvalue weighted by Gasteiger charge is 2.52. The minimum atomic E-state index is -2.46. The summed E-state index contributed by atoms with van der Waals surface area (Å²) in [6.45, 7) is 7.68. The first kappa shape index (κ1) is 15.7. The molecule has 1 saturated heterocycles. The highest BCUT2D eigenvalue weighted by molar-refractivity contribution is 6.61. The average Bonchev–Trinajstić information content (AvgIpc) is 2.50. The second kappa shape index (κ2) is 5.24. The maximum absolute atomic E-state index is 12.5. The Bertz CT molecular complexity index is 495. The summed E-state index contributed by atoms with van der Waals surface area (Å²) in [5.74, 6) is 0. The van der Waals surface area contributed by atoms with Crippen molar-refractivity contribution in [2.75, 3.05) is 0 Å². The molecular formula is C13H17BClF2NO2. The molecule has 0 spiro atoms. The molecule has 20 heavy (non-hydrogen) atoms. The highest BCUT2D eigenvalue weighted by atomic mass is 35.5. The topological polar surface area (TPSA) is 31.4 Å². The van der Waals surface area contributed by atoms with Crippen LogP contribution < -0.4 is 5.59 Å². The Morgan fingerprint density at radius 2 is 1.80 bits per heavy atom. The molecule has 0 aliphatic carbocycles. The molecule has 0 aromatic carbocycles. The predicted octanol–water partition coefficient (Wildman–Crippen LogP) is 2.84. The van der Waals surface area contributed by atoms with Gasteiger partial charge in [0.25, 0.3) is 0 Å². The zero-order chi connectivity index (χ0) is 15.1. The fourth-order valence-electron chi connectivity index (χ4n) is 1.91. The van der Waals surface area contributed by atoms with Crippen molar-refractivity contribution in [2.45, 2.75) is 51.7 Å². The maximum atomic E-state index is 12.5. The van der Waals surface area contributed by atoms with E-state index < -0.39 is 31.2 Å². The lowest BCUT2D eigenvalue weighted by Crippen LogP contribution is -2.41. The van der Waals surface area contributed by atoms with E-state index in [9.17, 15) is 8.78 Å². The van der Waals surface area contributed by atoms with Crippen molar-refractivity contribution >= 4 is 24.3 Å². The predicted molar refractivity (Wildman–Crippen MR) is 74.7 cm³/mol. The summed E-state index contributed by atoms with van der Waals surface area (Å²) in [4.78, 5) is 4.13. The Kier molecular flexibility index (Phi) is 4.11. The Morgan fingerprint density at radius 3 is 2.30 bits per heavy atom. The van der Waals surface area contributed by atoms with Crippen LogP contribution in [0.5, 0.6) is 0 Å². The quantitative estimate of drug-likeness (QED) is 0.805. The molecule has 7 heteroatoms. The molecule has 0 radical (unpaired) electrons. The van der Waals surface area contributed by atoms with Crippen molar-refractivity contribution in [3.05, 3.63) is 22.8 Å². The van der Waals surface area contributed by atoms with E-state index in [-0.39, 0.29) is 5.02 Å². The van der Waals surface area contributed by atoms with Crippen molar-refractivity contribution in [3.8, 4) is 0 Å². The van der Waals surface area contributed by atoms with Crippen LogP contribution in [0, 0.1) is 0 Å². The Balaban J connectivity index is 2.27. The SMILES string of the molecule is CC1(C)OB(c2cc(CC(F)F)c(Cl)cn2)OC1(C)C. The van der Waals surface area contributed by atoms with Gasteiger partial charge in [-0.15, -0.1) is 0 Å². The molecule has 0 bridgehead atoms. The Morgan fingerprint density at radius 1 is 1.25 bits per heavy atom. The van der Waals surface area contributed by atoms with Gasteiger partial charge in [-0.05, 0) is 39.3 Å². The van der Waals surface area contributed by atoms with Crippen LogP contribution in [0.15, 0.2) is 12.3 Å². The van der Waals surface area contributed by atoms with Crippen molar-refractivity contribution in [2.24, 2.45) is 0 Å². The maximum Gasteiger partial charge on any atom is 0.514 e. The van der Waals surface area contributed by atoms with Gasteiger partial charge in [-0.1, -0.05) is 11.6 Å². The van der Waals surface area contributed by atoms with Gasteiger partial charge in [-0.2, -0.15) is 0 Å². The number of alkyl halides is 2. The summed E-state index contributed by atoms with van der Waals surface area (Å²) in [6, 6.07) is 1.52. The summed E-state index contributed by atoms with van der Waals surface area (Å²) in [7, 11) is -0.673. The van der Waals surface area contributed by atoms with Crippen LogP contribution in [-0.2, 0) is 15.7 Å². The molecule has 1 aromatic heterocycles. The summed E-state index contributed by atoms with van der Waals surface area (Å²) < 4.78 is 36.7. The van der Waals surface area contributed by atoms with E-state index in [0.29, 0.717) is 11.2 Å². The van der Waals surface area contributed by atoms with Crippen LogP contribution in [-0.4, -0.2) is 29.7 Å². The number of nitrogens with zero attached hydrogens (tertiary/aromatic N) is 1. The molecule has 0 saturated carbocycles. The molecule has 0 amide bonds. The first-order valence-corrected chi connectivity index (χ1v) is 6.78. The van der Waals surface area contributed by atoms with Crippen LogP contribution in [0.1, 0.15) is 33.3 Å². The van der Waals surface area contributed by atoms with Gasteiger partial charge in [0.15, 0.2) is 0 Å². The van der Waals surface area contributed by atoms with E-state index in [2.05, 4.69) is 4.98 Å². The van der Waals surface area contributed by atoms with E-state index in [1.165, 1.54) is 12.3 Å². The van der Waals surface area contributed by atoms with Gasteiger partial charge in [0, 0.05) is 12.6 Å². The highest BCUT2D eigenvalue weighted by Crippen LogP contribution is 2.36. The lowest BCUT2D eigenvalue weighted by Gasteiger charge is -2.32. The minimum absolute atomic E-state index is 0.227. The van der Waals surface area contributed by atoms with Crippen LogP contribution in [0.2, 0.25) is 5.02 Å². The molecule has 2 heterocycles. The van der Waals surface area contributed by atoms with Crippen molar-refractivity contribution in [1.82, 2.24) is 4.98 Å². The number of hydrogen-bond acceptors (Lipinski definition) is 3. The second-order valence-electron chi connectivity index (χ2n) is 5.88. The van der Waals surface area contributed by atoms with Crippen LogP contribution >= 0.6 is 11.6 Å². The zero-order valence-corrected chi connectivity index (χ0v) is 12.7. The van der Waals surface area contributed by atoms with E-state index in [1.54, 1.807) is 0 Å². The number of rotatable bonds is 3. The van der Waals surface area contributed by atoms with Gasteiger partial charge in [-0.25, -0.2) is 8.78 Å². The lowest BCUT2D eigenvalue weighted by molar-refractivity contribution is 0.00578. The monoisotopic (exact) mass is 303 g/mol. The largest absolute Gasteiger partial charge is 0.514 e. The van der Waals surface area contributed by atoms with Crippen molar-refractivity contribution in [3.63, 3.8) is 0 Å². The summed E-state index contributed by atoms with van der Waals surface area (Å²) >= 11 is 5.88. The molecule has 2 rings (SSSR count). The van der Waals surface area contributed by atoms with E-state index in [0.717, 1.165) is 0 Å². The van der Waals surface area contributed by atoms with E-state index in [4.69, 9.17) is 20.9 Å². The van der Waals surface area contributed by atoms with E-state index >= 15 is 0 Å². The molecule has 1 aliphatic rings. The van der Waals surface area contributed by atoms with Crippen LogP contribution in [0.4, 0.5) is 8.78 Å². The number of halogens is 3. The van der Waals surface area contributed by atoms with Crippen molar-refractivity contribution < 1.29 is 18.1 Å². The standard InChI is InChI=1S/C13H17BClF2NO2/c1-12(2)13(3,4)20-14(19-12)10-5-8(6-11(16)17)9(15)7-18-10/h5,7,11H,6H2,1-4H3. The summed E-state index contributed by atoms with van der Waals surface area (Å²) in [5, 5.41) is 0.227. The number of aromatic nitrogens is 1. The summed E-state index contributed by atoms with van der Waals surface area (Å²) in [5.41, 5.74) is -0.186. The number of hydrogen-bond donors (Lipinski definition) is 0. The van der Waals surface area contributed by atoms with Gasteiger partial charge < -0.3 is 9.31 Å². The molecule has 1 fully saturated rings. The first-order chi connectivity index (χ1) is 9.12. The van der Waals surface area contributed by atoms with Gasteiger partial charge >= 0.3 is 7.12 Å². The molecule has 0 atom stereocenters. The molecule has 1 aromatic rings. The van der Waals surface area contributed by atoms with E-state index in [1.807, 2.05) is 27.7 Å². The zero-order valence-electron chi connectivity index (χ0n) is 11.9. The molecule has 0 unspecified atom stereocenters. The molecule has 3 nitrogen and oxygen atoms in total. The van der Waals surface area contributed by atoms with Crippen LogP contribution in [0.3, 0.4) is 0 Å². The fraction of sp³-hybridized carbons (Fsp3) is 0.615. The van der Waals surface area contributed by atoms with Gasteiger partial charge in [0.05, 0.1) is 21.8 Å². The van der Waals surface area contributed by atoms with Crippen molar-refractivity contribution in [1.29, 1.82) is 0 Å². The third kappa shape index (κ3) is 2.97.